The molecule has 0 atom stereocenters. The summed E-state index contributed by atoms with van der Waals surface area (Å²) in [4.78, 5) is 29.7. The summed E-state index contributed by atoms with van der Waals surface area (Å²) in [6.45, 7) is 0. The summed E-state index contributed by atoms with van der Waals surface area (Å²) < 4.78 is 19.6. The van der Waals surface area contributed by atoms with Gasteiger partial charge in [-0.3, -0.25) is 0 Å². The molecule has 0 aliphatic carbocycles. The van der Waals surface area contributed by atoms with Crippen LogP contribution in [0.5, 0.6) is 0 Å². The summed E-state index contributed by atoms with van der Waals surface area (Å²) in [6.07, 6.45) is 0.985. The van der Waals surface area contributed by atoms with E-state index in [-0.39, 0.29) is 105 Å². The van der Waals surface area contributed by atoms with Gasteiger partial charge in [-0.2, -0.15) is 0 Å². The molecule has 1 amide bonds. The first-order chi connectivity index (χ1) is 7.49. The van der Waals surface area contributed by atoms with E-state index in [1.54, 1.807) is -5.82 Å². The van der Waals surface area contributed by atoms with Crippen LogP contribution in [0.4, 0.5) is 4.39 Å². The van der Waals surface area contributed by atoms with Crippen molar-refractivity contribution in [2.75, 3.05) is 7.11 Å². The van der Waals surface area contributed by atoms with E-state index >= 15 is 0 Å². The number of amides is 1. The number of nitrogens with zero attached hydrogens (tertiary/aromatic N) is 3. The fourth-order valence-electron chi connectivity index (χ4n) is 0.970. The van der Waals surface area contributed by atoms with Crippen molar-refractivity contribution in [3.8, 4) is 0 Å². The number of hydrogen-bond acceptors (Lipinski definition) is 5. The molecule has 0 radical (unpaired) electrons. The number of rotatable bonds is 2. The SMILES string of the molecule is COC(=O)c1ncnc(C(=O)[N]([Rb])[RaH])c1F. The molecule has 0 saturated heterocycles. The van der Waals surface area contributed by atoms with Gasteiger partial charge in [0.25, 0.3) is 0 Å². The second kappa shape index (κ2) is 6.97. The van der Waals surface area contributed by atoms with Gasteiger partial charge in [0, 0.05) is 0 Å². The van der Waals surface area contributed by atoms with Crippen LogP contribution in [-0.2, 0) is 4.74 Å². The molecule has 0 bridgehead atoms. The van der Waals surface area contributed by atoms with Crippen molar-refractivity contribution in [1.29, 1.82) is 0 Å². The number of aromatic nitrogens is 2. The summed E-state index contributed by atoms with van der Waals surface area (Å²) in [7, 11) is 1.12. The van der Waals surface area contributed by atoms with Gasteiger partial charge in [0.2, 0.25) is 0 Å². The maximum atomic E-state index is 13.7. The first-order valence-electron chi connectivity index (χ1n) is 4.29. The second-order valence-corrected chi connectivity index (χ2v) is 30.0. The Morgan fingerprint density at radius 3 is 2.56 bits per heavy atom. The zero-order chi connectivity index (χ0) is 12.3. The van der Waals surface area contributed by atoms with Crippen LogP contribution in [-0.4, -0.2) is 79.2 Å². The molecule has 76 valence electrons. The van der Waals surface area contributed by atoms with E-state index in [1.165, 1.54) is 0 Å². The van der Waals surface area contributed by atoms with E-state index in [2.05, 4.69) is 14.7 Å². The molecule has 0 aliphatic rings. The van der Waals surface area contributed by atoms with E-state index in [0.29, 0.717) is 0 Å². The van der Waals surface area contributed by atoms with Crippen molar-refractivity contribution >= 4 is 67.9 Å². The van der Waals surface area contributed by atoms with Gasteiger partial charge in [-0.15, -0.1) is 0 Å². The molecule has 0 aromatic carbocycles. The first-order valence-corrected chi connectivity index (χ1v) is 10.2. The van der Waals surface area contributed by atoms with E-state index < -0.39 is 23.4 Å². The van der Waals surface area contributed by atoms with Gasteiger partial charge in [0.15, 0.2) is 0 Å². The predicted molar refractivity (Wildman–Crippen MR) is 46.6 cm³/mol. The Morgan fingerprint density at radius 2 is 2.06 bits per heavy atom. The minimum absolute atomic E-state index is 0.00160. The number of hydrogen-bond donors (Lipinski definition) is 0. The molecule has 9 heteroatoms. The Hall–Kier alpha value is 1.22. The van der Waals surface area contributed by atoms with Crippen LogP contribution in [0.3, 0.4) is 0 Å². The van der Waals surface area contributed by atoms with Crippen LogP contribution in [0.15, 0.2) is 6.33 Å². The summed E-state index contributed by atoms with van der Waals surface area (Å²) >= 11 is -0.156. The van der Waals surface area contributed by atoms with Crippen molar-refractivity contribution in [2.45, 2.75) is 0 Å². The third-order valence-electron chi connectivity index (χ3n) is 1.78. The van der Waals surface area contributed by atoms with E-state index in [1.807, 2.05) is 0 Å². The molecule has 6 nitrogen and oxygen atoms in total. The molecule has 1 heterocycles. The Labute approximate surface area is 161 Å². The van der Waals surface area contributed by atoms with Crippen LogP contribution in [0, 0.1) is 49.0 Å². The standard InChI is InChI=1S/C7H4FN3O3.Ra.Rb.H/c1-14-7(13)5-3(8)4(6(9)12)10-2-11-5;;;/h2H,1H3;;;. The number of carbonyl (C=O) groups is 2. The van der Waals surface area contributed by atoms with Gasteiger partial charge in [0.1, 0.15) is 0 Å². The van der Waals surface area contributed by atoms with Crippen LogP contribution in [0.25, 0.3) is 0 Å². The molecule has 0 N–H and O–H groups in total. The second-order valence-electron chi connectivity index (χ2n) is 3.08. The van der Waals surface area contributed by atoms with E-state index in [9.17, 15) is 14.0 Å². The van der Waals surface area contributed by atoms with Crippen molar-refractivity contribution in [2.24, 2.45) is 0 Å². The maximum absolute atomic E-state index is 13.7. The van der Waals surface area contributed by atoms with Gasteiger partial charge in [-0.05, 0) is 0 Å². The molecule has 1 aromatic rings. The Morgan fingerprint density at radius 1 is 1.50 bits per heavy atom. The molecule has 0 spiro atoms. The van der Waals surface area contributed by atoms with Gasteiger partial charge in [0.05, 0.1) is 0 Å². The van der Waals surface area contributed by atoms with E-state index in [4.69, 9.17) is 0 Å². The number of methoxy groups -OCH3 is 1. The van der Waals surface area contributed by atoms with E-state index in [0.717, 1.165) is 13.4 Å². The topological polar surface area (TPSA) is 72.4 Å². The predicted octanol–water partition coefficient (Wildman–Crippen LogP) is -0.875. The van der Waals surface area contributed by atoms with Crippen molar-refractivity contribution in [3.05, 3.63) is 23.5 Å². The number of halogens is 1. The normalized spacial score (nSPS) is 9.69. The average molecular weight is 510 g/mol. The molecule has 0 saturated carbocycles. The van der Waals surface area contributed by atoms with Crippen molar-refractivity contribution < 1.29 is 61.9 Å². The summed E-state index contributed by atoms with van der Waals surface area (Å²) in [5, 5.41) is 0. The fraction of sp³-hybridized carbons (Fsp3) is 0.143. The van der Waals surface area contributed by atoms with Crippen molar-refractivity contribution in [1.82, 2.24) is 4.14 Å². The molecule has 1 aromatic heterocycles. The zero-order valence-electron chi connectivity index (χ0n) is 9.02. The summed E-state index contributed by atoms with van der Waals surface area (Å²) in [6, 6.07) is 0. The Bertz CT molecular complexity index is 443. The van der Waals surface area contributed by atoms with Crippen LogP contribution in [0.1, 0.15) is 21.0 Å². The van der Waals surface area contributed by atoms with Gasteiger partial charge in [-0.25, -0.2) is 0 Å². The number of carbonyl (C=O) groups excluding carboxylic acids is 2. The van der Waals surface area contributed by atoms with Crippen LogP contribution >= 0.6 is 0 Å². The molecular weight excluding hydrogens is 505 g/mol. The minimum atomic E-state index is -1.01. The third-order valence-corrected chi connectivity index (χ3v) is 4.44. The van der Waals surface area contributed by atoms with Crippen LogP contribution < -0.4 is 0 Å². The van der Waals surface area contributed by atoms with Crippen LogP contribution in [0.2, 0.25) is 0 Å². The van der Waals surface area contributed by atoms with Gasteiger partial charge < -0.3 is 0 Å². The third kappa shape index (κ3) is 3.61. The van der Waals surface area contributed by atoms with Gasteiger partial charge in [-0.1, -0.05) is 0 Å². The molecule has 0 fully saturated rings. The molecule has 0 unspecified atom stereocenters. The molecule has 0 aliphatic heterocycles. The summed E-state index contributed by atoms with van der Waals surface area (Å²) in [5.74, 6) is -2.37. The molecule has 16 heavy (non-hydrogen) atoms. The zero-order valence-corrected chi connectivity index (χ0v) is 22.2. The first kappa shape index (κ1) is 15.3. The molecular formula is C7H5FN3O3RaRb. The van der Waals surface area contributed by atoms with Crippen molar-refractivity contribution in [3.63, 3.8) is 0 Å². The monoisotopic (exact) mass is 509 g/mol. The quantitative estimate of drug-likeness (QED) is 0.485. The Balaban J connectivity index is 3.24. The fourth-order valence-corrected chi connectivity index (χ4v) is 2.36. The molecule has 1 rings (SSSR count). The number of ether oxygens (including phenoxy) is 1. The average Bonchev–Trinajstić information content (AvgIpc) is 2.27. The Kier molecular flexibility index (Phi) is 6.66. The van der Waals surface area contributed by atoms with Gasteiger partial charge >= 0.3 is 165 Å². The number of esters is 1. The summed E-state index contributed by atoms with van der Waals surface area (Å²) in [5.41, 5.74) is -0.852.